The van der Waals surface area contributed by atoms with Gasteiger partial charge in [0.15, 0.2) is 0 Å². The largest absolute Gasteiger partial charge is 0.465 e. The second kappa shape index (κ2) is 5.93. The van der Waals surface area contributed by atoms with Crippen molar-refractivity contribution in [3.63, 3.8) is 0 Å². The van der Waals surface area contributed by atoms with Crippen molar-refractivity contribution in [2.24, 2.45) is 0 Å². The molecule has 0 bridgehead atoms. The Balaban J connectivity index is 2.88. The fourth-order valence-electron chi connectivity index (χ4n) is 1.08. The van der Waals surface area contributed by atoms with E-state index < -0.39 is 5.97 Å². The molecule has 0 aliphatic carbocycles. The van der Waals surface area contributed by atoms with Crippen LogP contribution in [0.3, 0.4) is 0 Å². The van der Waals surface area contributed by atoms with E-state index in [1.54, 1.807) is 23.1 Å². The molecule has 16 heavy (non-hydrogen) atoms. The minimum Gasteiger partial charge on any atom is -0.465 e. The summed E-state index contributed by atoms with van der Waals surface area (Å²) in [6.45, 7) is 0.579. The SMILES string of the molecule is COC(=O)C(C#N)=Cc1cnn(CCCl)c1. The zero-order valence-corrected chi connectivity index (χ0v) is 9.44. The number of aryl methyl sites for hydroxylation is 1. The quantitative estimate of drug-likeness (QED) is 0.343. The molecule has 1 rings (SSSR count). The highest BCUT2D eigenvalue weighted by Gasteiger charge is 2.08. The molecule has 1 aromatic heterocycles. The minimum atomic E-state index is -0.660. The van der Waals surface area contributed by atoms with Gasteiger partial charge in [-0.3, -0.25) is 4.68 Å². The van der Waals surface area contributed by atoms with Crippen LogP contribution in [0.1, 0.15) is 5.56 Å². The van der Waals surface area contributed by atoms with Crippen molar-refractivity contribution < 1.29 is 9.53 Å². The second-order valence-electron chi connectivity index (χ2n) is 2.89. The highest BCUT2D eigenvalue weighted by Crippen LogP contribution is 2.07. The van der Waals surface area contributed by atoms with E-state index in [1.165, 1.54) is 13.2 Å². The monoisotopic (exact) mass is 239 g/mol. The first kappa shape index (κ1) is 12.3. The van der Waals surface area contributed by atoms with Crippen molar-refractivity contribution in [2.45, 2.75) is 6.54 Å². The zero-order valence-electron chi connectivity index (χ0n) is 8.68. The van der Waals surface area contributed by atoms with Crippen LogP contribution < -0.4 is 0 Å². The second-order valence-corrected chi connectivity index (χ2v) is 3.27. The lowest BCUT2D eigenvalue weighted by Gasteiger charge is -1.95. The molecule has 1 aromatic rings. The molecule has 0 atom stereocenters. The third-order valence-electron chi connectivity index (χ3n) is 1.80. The van der Waals surface area contributed by atoms with Gasteiger partial charge in [-0.1, -0.05) is 0 Å². The van der Waals surface area contributed by atoms with Crippen molar-refractivity contribution >= 4 is 23.6 Å². The van der Waals surface area contributed by atoms with E-state index in [9.17, 15) is 4.79 Å². The van der Waals surface area contributed by atoms with Gasteiger partial charge in [0.2, 0.25) is 0 Å². The molecule has 0 fully saturated rings. The highest BCUT2D eigenvalue weighted by molar-refractivity contribution is 6.17. The number of hydrogen-bond donors (Lipinski definition) is 0. The molecule has 1 heterocycles. The van der Waals surface area contributed by atoms with E-state index >= 15 is 0 Å². The van der Waals surface area contributed by atoms with Crippen molar-refractivity contribution in [3.8, 4) is 6.07 Å². The maximum atomic E-state index is 11.1. The van der Waals surface area contributed by atoms with Crippen molar-refractivity contribution in [2.75, 3.05) is 13.0 Å². The lowest BCUT2D eigenvalue weighted by atomic mass is 10.2. The van der Waals surface area contributed by atoms with Crippen LogP contribution in [-0.4, -0.2) is 28.7 Å². The maximum Gasteiger partial charge on any atom is 0.348 e. The van der Waals surface area contributed by atoms with Gasteiger partial charge in [0.1, 0.15) is 11.6 Å². The van der Waals surface area contributed by atoms with Crippen molar-refractivity contribution in [1.82, 2.24) is 9.78 Å². The van der Waals surface area contributed by atoms with Gasteiger partial charge in [-0.2, -0.15) is 10.4 Å². The summed E-state index contributed by atoms with van der Waals surface area (Å²) < 4.78 is 6.08. The molecular formula is C10H10ClN3O2. The molecule has 0 saturated heterocycles. The zero-order chi connectivity index (χ0) is 12.0. The third-order valence-corrected chi connectivity index (χ3v) is 1.97. The first-order valence-corrected chi connectivity index (χ1v) is 5.03. The first-order valence-electron chi connectivity index (χ1n) is 4.49. The molecule has 0 amide bonds. The molecule has 0 N–H and O–H groups in total. The molecule has 0 saturated carbocycles. The Bertz CT molecular complexity index is 445. The summed E-state index contributed by atoms with van der Waals surface area (Å²) in [6, 6.07) is 1.77. The summed E-state index contributed by atoms with van der Waals surface area (Å²) in [5.74, 6) is -0.208. The summed E-state index contributed by atoms with van der Waals surface area (Å²) in [6.07, 6.45) is 4.67. The Morgan fingerprint density at radius 3 is 3.12 bits per heavy atom. The number of carbonyl (C=O) groups excluding carboxylic acids is 1. The fraction of sp³-hybridized carbons (Fsp3) is 0.300. The smallest absolute Gasteiger partial charge is 0.348 e. The topological polar surface area (TPSA) is 67.9 Å². The molecule has 0 aromatic carbocycles. The number of ether oxygens (including phenoxy) is 1. The summed E-state index contributed by atoms with van der Waals surface area (Å²) in [5.41, 5.74) is 0.597. The van der Waals surface area contributed by atoms with Gasteiger partial charge in [-0.25, -0.2) is 4.79 Å². The molecular weight excluding hydrogens is 230 g/mol. The van der Waals surface area contributed by atoms with Gasteiger partial charge >= 0.3 is 5.97 Å². The number of esters is 1. The molecule has 5 nitrogen and oxygen atoms in total. The molecule has 84 valence electrons. The number of nitriles is 1. The van der Waals surface area contributed by atoms with Gasteiger partial charge < -0.3 is 4.74 Å². The van der Waals surface area contributed by atoms with Crippen LogP contribution in [0.2, 0.25) is 0 Å². The predicted octanol–water partition coefficient (Wildman–Crippen LogP) is 1.20. The Morgan fingerprint density at radius 1 is 1.81 bits per heavy atom. The Hall–Kier alpha value is -1.80. The summed E-state index contributed by atoms with van der Waals surface area (Å²) in [4.78, 5) is 11.1. The van der Waals surface area contributed by atoms with E-state index in [1.807, 2.05) is 0 Å². The number of halogens is 1. The average molecular weight is 240 g/mol. The van der Waals surface area contributed by atoms with Crippen LogP contribution in [0.5, 0.6) is 0 Å². The van der Waals surface area contributed by atoms with Gasteiger partial charge in [-0.15, -0.1) is 11.6 Å². The fourth-order valence-corrected chi connectivity index (χ4v) is 1.25. The van der Waals surface area contributed by atoms with E-state index in [0.29, 0.717) is 18.0 Å². The van der Waals surface area contributed by atoms with Crippen LogP contribution in [0.4, 0.5) is 0 Å². The Morgan fingerprint density at radius 2 is 2.56 bits per heavy atom. The lowest BCUT2D eigenvalue weighted by molar-refractivity contribution is -0.135. The number of carbonyl (C=O) groups is 1. The molecule has 0 spiro atoms. The van der Waals surface area contributed by atoms with E-state index in [2.05, 4.69) is 9.84 Å². The molecule has 0 radical (unpaired) electrons. The number of aromatic nitrogens is 2. The number of hydrogen-bond acceptors (Lipinski definition) is 4. The van der Waals surface area contributed by atoms with Crippen LogP contribution in [0, 0.1) is 11.3 Å². The van der Waals surface area contributed by atoms with Gasteiger partial charge in [0.05, 0.1) is 19.9 Å². The molecule has 0 aliphatic rings. The van der Waals surface area contributed by atoms with Crippen molar-refractivity contribution in [1.29, 1.82) is 5.26 Å². The van der Waals surface area contributed by atoms with Gasteiger partial charge in [0.25, 0.3) is 0 Å². The first-order chi connectivity index (χ1) is 7.71. The van der Waals surface area contributed by atoms with Crippen LogP contribution in [0.25, 0.3) is 6.08 Å². The number of nitrogens with zero attached hydrogens (tertiary/aromatic N) is 3. The van der Waals surface area contributed by atoms with Crippen molar-refractivity contribution in [3.05, 3.63) is 23.5 Å². The summed E-state index contributed by atoms with van der Waals surface area (Å²) in [7, 11) is 1.23. The van der Waals surface area contributed by atoms with Gasteiger partial charge in [0, 0.05) is 17.6 Å². The van der Waals surface area contributed by atoms with Crippen LogP contribution >= 0.6 is 11.6 Å². The van der Waals surface area contributed by atoms with E-state index in [0.717, 1.165) is 0 Å². The summed E-state index contributed by atoms with van der Waals surface area (Å²) >= 11 is 5.55. The highest BCUT2D eigenvalue weighted by atomic mass is 35.5. The average Bonchev–Trinajstić information content (AvgIpc) is 2.73. The lowest BCUT2D eigenvalue weighted by Crippen LogP contribution is -2.02. The maximum absolute atomic E-state index is 11.1. The Kier molecular flexibility index (Phi) is 4.55. The minimum absolute atomic E-state index is 0.0621. The van der Waals surface area contributed by atoms with Crippen LogP contribution in [-0.2, 0) is 16.1 Å². The number of rotatable bonds is 4. The Labute approximate surface area is 97.9 Å². The number of methoxy groups -OCH3 is 1. The molecule has 0 unspecified atom stereocenters. The third kappa shape index (κ3) is 3.11. The number of alkyl halides is 1. The predicted molar refractivity (Wildman–Crippen MR) is 58.6 cm³/mol. The normalized spacial score (nSPS) is 10.9. The molecule has 0 aliphatic heterocycles. The standard InChI is InChI=1S/C10H10ClN3O2/c1-16-10(15)9(5-12)4-8-6-13-14(7-8)3-2-11/h4,6-7H,2-3H2,1H3. The van der Waals surface area contributed by atoms with E-state index in [4.69, 9.17) is 16.9 Å². The molecule has 6 heteroatoms. The van der Waals surface area contributed by atoms with Crippen LogP contribution in [0.15, 0.2) is 18.0 Å². The van der Waals surface area contributed by atoms with E-state index in [-0.39, 0.29) is 5.57 Å². The summed E-state index contributed by atoms with van der Waals surface area (Å²) in [5, 5.41) is 12.7. The van der Waals surface area contributed by atoms with Gasteiger partial charge in [-0.05, 0) is 6.08 Å².